The Balaban J connectivity index is 1.35. The summed E-state index contributed by atoms with van der Waals surface area (Å²) in [5.74, 6) is -4.06. The number of carbonyl (C=O) groups excluding carboxylic acids is 4. The van der Waals surface area contributed by atoms with Gasteiger partial charge in [-0.3, -0.25) is 19.2 Å². The molecule has 3 aliphatic carbocycles. The largest absolute Gasteiger partial charge is 0.292 e. The highest BCUT2D eigenvalue weighted by Gasteiger charge is 2.63. The van der Waals surface area contributed by atoms with Crippen LogP contribution in [-0.4, -0.2) is 40.1 Å². The molecule has 40 heavy (non-hydrogen) atoms. The zero-order valence-corrected chi connectivity index (χ0v) is 22.0. The molecule has 0 N–H and O–H groups in total. The first-order valence-corrected chi connectivity index (χ1v) is 13.5. The Labute approximate surface area is 235 Å². The van der Waals surface area contributed by atoms with E-state index in [9.17, 15) is 19.2 Å². The van der Waals surface area contributed by atoms with Gasteiger partial charge in [0.2, 0.25) is 0 Å². The van der Waals surface area contributed by atoms with Gasteiger partial charge in [-0.2, -0.15) is 5.01 Å². The second-order valence-corrected chi connectivity index (χ2v) is 10.8. The monoisotopic (exact) mass is 546 g/mol. The summed E-state index contributed by atoms with van der Waals surface area (Å²) in [6, 6.07) is 30.8. The van der Waals surface area contributed by atoms with E-state index in [1.807, 2.05) is 48.5 Å². The van der Waals surface area contributed by atoms with Crippen molar-refractivity contribution in [2.24, 2.45) is 11.8 Å². The average molecular weight is 547 g/mol. The Morgan fingerprint density at radius 3 is 1.60 bits per heavy atom. The zero-order chi connectivity index (χ0) is 27.5. The minimum atomic E-state index is -0.685. The van der Waals surface area contributed by atoms with Crippen LogP contribution >= 0.6 is 11.6 Å². The van der Waals surface area contributed by atoms with E-state index in [4.69, 9.17) is 11.6 Å². The lowest BCUT2D eigenvalue weighted by molar-refractivity contribution is -0.154. The number of hydrogen-bond donors (Lipinski definition) is 0. The van der Waals surface area contributed by atoms with E-state index in [2.05, 4.69) is 0 Å². The lowest BCUT2D eigenvalue weighted by atomic mass is 9.55. The average Bonchev–Trinajstić information content (AvgIpc) is 3.26. The van der Waals surface area contributed by atoms with E-state index >= 15 is 0 Å². The zero-order valence-electron chi connectivity index (χ0n) is 21.2. The molecule has 2 atom stereocenters. The Bertz CT molecular complexity index is 1600. The van der Waals surface area contributed by atoms with Gasteiger partial charge in [0.25, 0.3) is 17.7 Å². The Morgan fingerprint density at radius 1 is 0.650 bits per heavy atom. The van der Waals surface area contributed by atoms with E-state index in [0.29, 0.717) is 5.56 Å². The molecule has 1 saturated heterocycles. The predicted molar refractivity (Wildman–Crippen MR) is 149 cm³/mol. The van der Waals surface area contributed by atoms with Crippen LogP contribution in [0.2, 0.25) is 5.02 Å². The van der Waals surface area contributed by atoms with Gasteiger partial charge in [-0.1, -0.05) is 103 Å². The van der Waals surface area contributed by atoms with Crippen molar-refractivity contribution in [1.29, 1.82) is 0 Å². The first-order valence-electron chi connectivity index (χ1n) is 13.2. The summed E-state index contributed by atoms with van der Waals surface area (Å²) >= 11 is 6.38. The number of amides is 3. The van der Waals surface area contributed by atoms with Crippen molar-refractivity contribution in [2.45, 2.75) is 11.8 Å². The second-order valence-electron chi connectivity index (χ2n) is 10.4. The molecule has 1 heterocycles. The molecule has 1 aliphatic heterocycles. The maximum atomic E-state index is 14.3. The maximum absolute atomic E-state index is 14.3. The molecule has 1 fully saturated rings. The summed E-state index contributed by atoms with van der Waals surface area (Å²) in [4.78, 5) is 56.0. The van der Waals surface area contributed by atoms with Gasteiger partial charge in [-0.05, 0) is 34.4 Å². The second kappa shape index (κ2) is 9.28. The van der Waals surface area contributed by atoms with Gasteiger partial charge in [0, 0.05) is 17.4 Å². The topological polar surface area (TPSA) is 74.8 Å². The molecule has 4 aliphatic rings. The minimum absolute atomic E-state index is 0.107. The number of nitrogens with zero attached hydrogens (tertiary/aromatic N) is 2. The summed E-state index contributed by atoms with van der Waals surface area (Å²) in [5, 5.41) is 2.09. The molecular weight excluding hydrogens is 524 g/mol. The first kappa shape index (κ1) is 24.5. The van der Waals surface area contributed by atoms with Gasteiger partial charge in [0.05, 0.1) is 22.4 Å². The van der Waals surface area contributed by atoms with Crippen molar-refractivity contribution in [1.82, 2.24) is 10.0 Å². The summed E-state index contributed by atoms with van der Waals surface area (Å²) in [6.07, 6.45) is 0. The highest BCUT2D eigenvalue weighted by atomic mass is 35.5. The standard InChI is InChI=1S/C33H23ClN2O4/c34-25-17-9-8-16-24(25)31(38)35(18-26(37)19-10-2-1-3-11-19)36-32(39)29-27-20-12-4-5-13-21(20)28(30(29)33(36)40)23-15-7-6-14-22(23)27/h1-17,27-30H,18H2/t27?,28?,29-,30-/m1/s1. The van der Waals surface area contributed by atoms with Crippen molar-refractivity contribution in [3.05, 3.63) is 142 Å². The van der Waals surface area contributed by atoms with Crippen LogP contribution in [0.4, 0.5) is 0 Å². The summed E-state index contributed by atoms with van der Waals surface area (Å²) < 4.78 is 0. The summed E-state index contributed by atoms with van der Waals surface area (Å²) in [6.45, 7) is -0.486. The van der Waals surface area contributed by atoms with Crippen LogP contribution in [0.5, 0.6) is 0 Å². The number of hydrazine groups is 1. The molecule has 4 aromatic rings. The number of rotatable bonds is 5. The van der Waals surface area contributed by atoms with Crippen LogP contribution in [0.3, 0.4) is 0 Å². The molecular formula is C33H23ClN2O4. The number of imide groups is 1. The Morgan fingerprint density at radius 2 is 1.10 bits per heavy atom. The summed E-state index contributed by atoms with van der Waals surface area (Å²) in [7, 11) is 0. The van der Waals surface area contributed by atoms with Crippen molar-refractivity contribution in [2.75, 3.05) is 6.54 Å². The lowest BCUT2D eigenvalue weighted by Gasteiger charge is -2.45. The number of ketones is 1. The van der Waals surface area contributed by atoms with E-state index in [1.54, 1.807) is 48.5 Å². The molecule has 0 aromatic heterocycles. The van der Waals surface area contributed by atoms with Crippen molar-refractivity contribution < 1.29 is 19.2 Å². The van der Waals surface area contributed by atoms with Gasteiger partial charge in [-0.25, -0.2) is 5.01 Å². The van der Waals surface area contributed by atoms with Gasteiger partial charge >= 0.3 is 0 Å². The molecule has 4 aromatic carbocycles. The first-order chi connectivity index (χ1) is 19.5. The molecule has 0 saturated carbocycles. The number of benzene rings is 4. The van der Waals surface area contributed by atoms with Crippen LogP contribution in [-0.2, 0) is 9.59 Å². The third-order valence-electron chi connectivity index (χ3n) is 8.39. The molecule has 7 heteroatoms. The number of carbonyl (C=O) groups is 4. The SMILES string of the molecule is O=C(CN(C(=O)c1ccccc1Cl)N1C(=O)[C@@H]2C3c4ccccc4C(c4ccccc43)[C@H]2C1=O)c1ccccc1. The molecule has 0 radical (unpaired) electrons. The van der Waals surface area contributed by atoms with Crippen LogP contribution in [0.1, 0.15) is 54.8 Å². The van der Waals surface area contributed by atoms with Gasteiger partial charge < -0.3 is 0 Å². The third-order valence-corrected chi connectivity index (χ3v) is 8.72. The maximum Gasteiger partial charge on any atom is 0.274 e. The smallest absolute Gasteiger partial charge is 0.274 e. The molecule has 0 spiro atoms. The predicted octanol–water partition coefficient (Wildman–Crippen LogP) is 5.47. The fraction of sp³-hybridized carbons (Fsp3) is 0.152. The third kappa shape index (κ3) is 3.49. The van der Waals surface area contributed by atoms with Crippen molar-refractivity contribution >= 4 is 35.1 Å². The Hall–Kier alpha value is -4.55. The van der Waals surface area contributed by atoms with Gasteiger partial charge in [0.1, 0.15) is 6.54 Å². The van der Waals surface area contributed by atoms with Crippen molar-refractivity contribution in [3.8, 4) is 0 Å². The Kier molecular flexibility index (Phi) is 5.68. The van der Waals surface area contributed by atoms with Crippen LogP contribution in [0, 0.1) is 11.8 Å². The van der Waals surface area contributed by atoms with Gasteiger partial charge in [-0.15, -0.1) is 0 Å². The van der Waals surface area contributed by atoms with E-state index in [-0.39, 0.29) is 22.4 Å². The molecule has 2 bridgehead atoms. The molecule has 6 nitrogen and oxygen atoms in total. The van der Waals surface area contributed by atoms with Crippen LogP contribution in [0.15, 0.2) is 103 Å². The normalized spacial score (nSPS) is 22.0. The molecule has 196 valence electrons. The van der Waals surface area contributed by atoms with Crippen LogP contribution < -0.4 is 0 Å². The highest BCUT2D eigenvalue weighted by molar-refractivity contribution is 6.34. The fourth-order valence-electron chi connectivity index (χ4n) is 6.76. The van der Waals surface area contributed by atoms with E-state index in [0.717, 1.165) is 32.3 Å². The van der Waals surface area contributed by atoms with Gasteiger partial charge in [0.15, 0.2) is 5.78 Å². The number of hydrogen-bond acceptors (Lipinski definition) is 4. The summed E-state index contributed by atoms with van der Waals surface area (Å²) in [5.41, 5.74) is 4.59. The van der Waals surface area contributed by atoms with E-state index in [1.165, 1.54) is 6.07 Å². The van der Waals surface area contributed by atoms with Crippen molar-refractivity contribution in [3.63, 3.8) is 0 Å². The number of Topliss-reactive ketones (excluding diaryl/α,β-unsaturated/α-hetero) is 1. The van der Waals surface area contributed by atoms with Crippen LogP contribution in [0.25, 0.3) is 0 Å². The highest BCUT2D eigenvalue weighted by Crippen LogP contribution is 2.61. The number of halogens is 1. The molecule has 3 amide bonds. The molecule has 8 rings (SSSR count). The molecule has 0 unspecified atom stereocenters. The fourth-order valence-corrected chi connectivity index (χ4v) is 6.97. The van der Waals surface area contributed by atoms with E-state index < -0.39 is 41.9 Å². The lowest BCUT2D eigenvalue weighted by Crippen LogP contribution is -2.52. The minimum Gasteiger partial charge on any atom is -0.292 e. The quantitative estimate of drug-likeness (QED) is 0.246.